The molecule has 0 aliphatic rings. The van der Waals surface area contributed by atoms with Crippen LogP contribution in [-0.2, 0) is 13.2 Å². The zero-order valence-corrected chi connectivity index (χ0v) is 7.34. The molecule has 5 heteroatoms. The van der Waals surface area contributed by atoms with Gasteiger partial charge >= 0.3 is 6.18 Å². The van der Waals surface area contributed by atoms with Gasteiger partial charge < -0.3 is 4.57 Å². The Balaban J connectivity index is 2.80. The van der Waals surface area contributed by atoms with Crippen molar-refractivity contribution in [3.05, 3.63) is 30.1 Å². The third-order valence-electron chi connectivity index (χ3n) is 2.05. The molecule has 2 rings (SSSR count). The molecule has 0 aliphatic heterocycles. The first-order valence-electron chi connectivity index (χ1n) is 3.97. The molecule has 0 aromatic carbocycles. The van der Waals surface area contributed by atoms with E-state index in [1.165, 1.54) is 10.8 Å². The van der Waals surface area contributed by atoms with Gasteiger partial charge in [0.2, 0.25) is 0 Å². The number of aromatic nitrogens is 2. The van der Waals surface area contributed by atoms with Gasteiger partial charge in [0.25, 0.3) is 0 Å². The molecule has 2 aromatic heterocycles. The van der Waals surface area contributed by atoms with Crippen molar-refractivity contribution in [3.8, 4) is 0 Å². The van der Waals surface area contributed by atoms with E-state index in [2.05, 4.69) is 4.98 Å². The molecule has 0 radical (unpaired) electrons. The van der Waals surface area contributed by atoms with Crippen molar-refractivity contribution in [1.82, 2.24) is 9.55 Å². The average Bonchev–Trinajstić information content (AvgIpc) is 2.44. The molecule has 0 unspecified atom stereocenters. The van der Waals surface area contributed by atoms with Gasteiger partial charge in [0.05, 0.1) is 11.1 Å². The molecule has 2 nitrogen and oxygen atoms in total. The molecule has 0 aliphatic carbocycles. The fourth-order valence-electron chi connectivity index (χ4n) is 1.42. The van der Waals surface area contributed by atoms with Crippen LogP contribution in [0.1, 0.15) is 5.56 Å². The fraction of sp³-hybridized carbons (Fsp3) is 0.222. The van der Waals surface area contributed by atoms with Crippen LogP contribution >= 0.6 is 0 Å². The van der Waals surface area contributed by atoms with Crippen LogP contribution in [0.4, 0.5) is 13.2 Å². The minimum absolute atomic E-state index is 0.00231. The normalized spacial score (nSPS) is 12.3. The Morgan fingerprint density at radius 3 is 2.71 bits per heavy atom. The van der Waals surface area contributed by atoms with Gasteiger partial charge in [0, 0.05) is 19.4 Å². The Kier molecular flexibility index (Phi) is 1.77. The Morgan fingerprint density at radius 1 is 1.36 bits per heavy atom. The van der Waals surface area contributed by atoms with E-state index in [1.54, 1.807) is 19.2 Å². The van der Waals surface area contributed by atoms with Gasteiger partial charge in [0.1, 0.15) is 5.52 Å². The maximum Gasteiger partial charge on any atom is 0.419 e. The first kappa shape index (κ1) is 9.05. The molecule has 0 N–H and O–H groups in total. The second kappa shape index (κ2) is 2.73. The molecule has 14 heavy (non-hydrogen) atoms. The third kappa shape index (κ3) is 1.25. The molecule has 0 spiro atoms. The number of rotatable bonds is 0. The van der Waals surface area contributed by atoms with E-state index in [1.807, 2.05) is 0 Å². The lowest BCUT2D eigenvalue weighted by Crippen LogP contribution is -2.04. The van der Waals surface area contributed by atoms with E-state index in [4.69, 9.17) is 0 Å². The van der Waals surface area contributed by atoms with Gasteiger partial charge in [-0.05, 0) is 12.1 Å². The predicted molar refractivity (Wildman–Crippen MR) is 45.7 cm³/mol. The molecular weight excluding hydrogens is 193 g/mol. The summed E-state index contributed by atoms with van der Waals surface area (Å²) in [7, 11) is 1.57. The number of nitrogens with zero attached hydrogens (tertiary/aromatic N) is 2. The van der Waals surface area contributed by atoms with Gasteiger partial charge in [-0.1, -0.05) is 0 Å². The van der Waals surface area contributed by atoms with Crippen LogP contribution < -0.4 is 0 Å². The molecule has 0 bridgehead atoms. The molecule has 0 saturated carbocycles. The lowest BCUT2D eigenvalue weighted by atomic mass is 10.2. The Hall–Kier alpha value is -1.52. The van der Waals surface area contributed by atoms with Gasteiger partial charge in [-0.25, -0.2) is 0 Å². The zero-order chi connectivity index (χ0) is 10.3. The highest BCUT2D eigenvalue weighted by Gasteiger charge is 2.34. The lowest BCUT2D eigenvalue weighted by Gasteiger charge is -2.02. The van der Waals surface area contributed by atoms with E-state index in [0.29, 0.717) is 5.52 Å². The minimum Gasteiger partial charge on any atom is -0.349 e. The standard InChI is InChI=1S/C9H7F3N2/c1-14-5-6(9(10,11)12)8-7(14)3-2-4-13-8/h2-5H,1H3. The summed E-state index contributed by atoms with van der Waals surface area (Å²) in [6.45, 7) is 0. The molecule has 0 atom stereocenters. The summed E-state index contributed by atoms with van der Waals surface area (Å²) in [6.07, 6.45) is -1.93. The van der Waals surface area contributed by atoms with Gasteiger partial charge in [-0.3, -0.25) is 4.98 Å². The monoisotopic (exact) mass is 200 g/mol. The number of pyridine rings is 1. The second-order valence-electron chi connectivity index (χ2n) is 3.02. The van der Waals surface area contributed by atoms with Crippen molar-refractivity contribution in [1.29, 1.82) is 0 Å². The summed E-state index contributed by atoms with van der Waals surface area (Å²) in [5.74, 6) is 0. The zero-order valence-electron chi connectivity index (χ0n) is 7.34. The highest BCUT2D eigenvalue weighted by atomic mass is 19.4. The summed E-state index contributed by atoms with van der Waals surface area (Å²) in [5, 5.41) is 0. The van der Waals surface area contributed by atoms with Crippen molar-refractivity contribution in [2.75, 3.05) is 0 Å². The van der Waals surface area contributed by atoms with Crippen molar-refractivity contribution >= 4 is 11.0 Å². The van der Waals surface area contributed by atoms with Crippen LogP contribution in [0.2, 0.25) is 0 Å². The summed E-state index contributed by atoms with van der Waals surface area (Å²) >= 11 is 0. The van der Waals surface area contributed by atoms with Crippen molar-refractivity contribution < 1.29 is 13.2 Å². The number of halogens is 3. The molecule has 74 valence electrons. The van der Waals surface area contributed by atoms with Crippen molar-refractivity contribution in [2.24, 2.45) is 7.05 Å². The van der Waals surface area contributed by atoms with Crippen LogP contribution in [0.5, 0.6) is 0 Å². The van der Waals surface area contributed by atoms with E-state index in [-0.39, 0.29) is 5.52 Å². The molecule has 0 saturated heterocycles. The number of fused-ring (bicyclic) bond motifs is 1. The van der Waals surface area contributed by atoms with E-state index in [9.17, 15) is 13.2 Å². The Bertz CT molecular complexity index is 470. The summed E-state index contributed by atoms with van der Waals surface area (Å²) in [5.41, 5.74) is -0.196. The van der Waals surface area contributed by atoms with E-state index < -0.39 is 11.7 Å². The number of alkyl halides is 3. The number of hydrogen-bond acceptors (Lipinski definition) is 1. The third-order valence-corrected chi connectivity index (χ3v) is 2.05. The Labute approximate surface area is 78.0 Å². The van der Waals surface area contributed by atoms with Crippen molar-refractivity contribution in [2.45, 2.75) is 6.18 Å². The topological polar surface area (TPSA) is 17.8 Å². The van der Waals surface area contributed by atoms with Crippen LogP contribution in [0.15, 0.2) is 24.5 Å². The molecule has 0 fully saturated rings. The summed E-state index contributed by atoms with van der Waals surface area (Å²) < 4.78 is 38.9. The van der Waals surface area contributed by atoms with Gasteiger partial charge in [-0.2, -0.15) is 13.2 Å². The quantitative estimate of drug-likeness (QED) is 0.639. The largest absolute Gasteiger partial charge is 0.419 e. The van der Waals surface area contributed by atoms with E-state index >= 15 is 0 Å². The molecule has 2 aromatic rings. The predicted octanol–water partition coefficient (Wildman–Crippen LogP) is 2.59. The smallest absolute Gasteiger partial charge is 0.349 e. The van der Waals surface area contributed by atoms with Crippen LogP contribution in [0.25, 0.3) is 11.0 Å². The summed E-state index contributed by atoms with van der Waals surface area (Å²) in [4.78, 5) is 3.73. The van der Waals surface area contributed by atoms with Crippen molar-refractivity contribution in [3.63, 3.8) is 0 Å². The second-order valence-corrected chi connectivity index (χ2v) is 3.02. The van der Waals surface area contributed by atoms with Crippen LogP contribution in [0.3, 0.4) is 0 Å². The first-order valence-corrected chi connectivity index (χ1v) is 3.97. The number of aryl methyl sites for hydroxylation is 1. The molecular formula is C9H7F3N2. The molecule has 2 heterocycles. The SMILES string of the molecule is Cn1cc(C(F)(F)F)c2ncccc21. The highest BCUT2D eigenvalue weighted by molar-refractivity contribution is 5.79. The molecule has 0 amide bonds. The number of hydrogen-bond donors (Lipinski definition) is 0. The summed E-state index contributed by atoms with van der Waals surface area (Å²) in [6, 6.07) is 3.22. The Morgan fingerprint density at radius 2 is 2.07 bits per heavy atom. The van der Waals surface area contributed by atoms with Gasteiger partial charge in [0.15, 0.2) is 0 Å². The first-order chi connectivity index (χ1) is 6.50. The highest BCUT2D eigenvalue weighted by Crippen LogP contribution is 2.34. The lowest BCUT2D eigenvalue weighted by molar-refractivity contribution is -0.136. The van der Waals surface area contributed by atoms with E-state index in [0.717, 1.165) is 6.20 Å². The maximum absolute atomic E-state index is 12.5. The average molecular weight is 200 g/mol. The van der Waals surface area contributed by atoms with Crippen LogP contribution in [-0.4, -0.2) is 9.55 Å². The minimum atomic E-state index is -4.34. The van der Waals surface area contributed by atoms with Crippen LogP contribution in [0, 0.1) is 0 Å². The fourth-order valence-corrected chi connectivity index (χ4v) is 1.42. The van der Waals surface area contributed by atoms with Gasteiger partial charge in [-0.15, -0.1) is 0 Å². The maximum atomic E-state index is 12.5.